The van der Waals surface area contributed by atoms with Crippen LogP contribution < -0.4 is 5.32 Å². The fraction of sp³-hybridized carbons (Fsp3) is 0.333. The molecule has 2 aromatic carbocycles. The number of likely N-dealkylation sites (tertiary alicyclic amines) is 1. The molecule has 0 atom stereocenters. The molecule has 4 rings (SSSR count). The number of aromatic amines is 1. The molecule has 2 N–H and O–H groups in total. The van der Waals surface area contributed by atoms with Gasteiger partial charge in [-0.2, -0.15) is 0 Å². The summed E-state index contributed by atoms with van der Waals surface area (Å²) in [5.74, 6) is 1.25. The number of H-pyrrole nitrogens is 1. The quantitative estimate of drug-likeness (QED) is 0.619. The summed E-state index contributed by atoms with van der Waals surface area (Å²) in [5.41, 5.74) is 5.52. The Labute approximate surface area is 163 Å². The van der Waals surface area contributed by atoms with E-state index in [1.54, 1.807) is 12.1 Å². The predicted molar refractivity (Wildman–Crippen MR) is 112 cm³/mol. The summed E-state index contributed by atoms with van der Waals surface area (Å²) in [6, 6.07) is 10.6. The minimum absolute atomic E-state index is 0.247. The van der Waals surface area contributed by atoms with Crippen molar-refractivity contribution in [2.45, 2.75) is 32.6 Å². The number of thiocarbonyl (C=S) groups is 1. The maximum atomic E-state index is 13.0. The molecule has 1 aromatic heterocycles. The van der Waals surface area contributed by atoms with Gasteiger partial charge in [-0.1, -0.05) is 0 Å². The number of imidazole rings is 1. The first-order valence-corrected chi connectivity index (χ1v) is 9.69. The molecule has 0 aliphatic carbocycles. The Kier molecular flexibility index (Phi) is 4.83. The molecule has 1 aliphatic heterocycles. The Bertz CT molecular complexity index is 933. The van der Waals surface area contributed by atoms with Gasteiger partial charge < -0.3 is 15.2 Å². The molecule has 2 heterocycles. The minimum Gasteiger partial charge on any atom is -0.349 e. The molecule has 0 spiro atoms. The van der Waals surface area contributed by atoms with E-state index in [-0.39, 0.29) is 5.82 Å². The van der Waals surface area contributed by atoms with Crippen LogP contribution >= 0.6 is 12.2 Å². The molecule has 0 saturated carbocycles. The molecule has 0 unspecified atom stereocenters. The molecule has 0 bridgehead atoms. The molecule has 0 amide bonds. The highest BCUT2D eigenvalue weighted by Crippen LogP contribution is 2.29. The minimum atomic E-state index is -0.247. The maximum Gasteiger partial charge on any atom is 0.173 e. The van der Waals surface area contributed by atoms with E-state index in [0.29, 0.717) is 11.0 Å². The van der Waals surface area contributed by atoms with Crippen molar-refractivity contribution in [3.05, 3.63) is 59.2 Å². The van der Waals surface area contributed by atoms with E-state index in [1.165, 1.54) is 23.3 Å². The van der Waals surface area contributed by atoms with Crippen LogP contribution in [0.25, 0.3) is 11.0 Å². The molecule has 0 radical (unpaired) electrons. The van der Waals surface area contributed by atoms with Crippen molar-refractivity contribution in [1.29, 1.82) is 0 Å². The van der Waals surface area contributed by atoms with Crippen LogP contribution in [0.2, 0.25) is 0 Å². The monoisotopic (exact) mass is 382 g/mol. The Balaban J connectivity index is 1.39. The van der Waals surface area contributed by atoms with Crippen LogP contribution in [0.1, 0.15) is 35.7 Å². The van der Waals surface area contributed by atoms with Gasteiger partial charge >= 0.3 is 0 Å². The summed E-state index contributed by atoms with van der Waals surface area (Å²) in [6.07, 6.45) is 2.01. The Hall–Kier alpha value is -2.47. The zero-order valence-corrected chi connectivity index (χ0v) is 16.4. The highest BCUT2D eigenvalue weighted by molar-refractivity contribution is 7.80. The predicted octanol–water partition coefficient (Wildman–Crippen LogP) is 4.90. The molecule has 1 fully saturated rings. The van der Waals surface area contributed by atoms with Crippen molar-refractivity contribution >= 4 is 34.1 Å². The van der Waals surface area contributed by atoms with Gasteiger partial charge in [0.1, 0.15) is 11.6 Å². The number of aryl methyl sites for hydroxylation is 2. The number of hydrogen-bond acceptors (Lipinski definition) is 2. The molecule has 140 valence electrons. The maximum absolute atomic E-state index is 13.0. The van der Waals surface area contributed by atoms with Crippen molar-refractivity contribution < 1.29 is 4.39 Å². The van der Waals surface area contributed by atoms with Crippen molar-refractivity contribution in [2.75, 3.05) is 18.4 Å². The highest BCUT2D eigenvalue weighted by Gasteiger charge is 2.24. The molecular weight excluding hydrogens is 359 g/mol. The van der Waals surface area contributed by atoms with E-state index in [4.69, 9.17) is 17.2 Å². The third-order valence-corrected chi connectivity index (χ3v) is 5.74. The van der Waals surface area contributed by atoms with Crippen LogP contribution in [0.3, 0.4) is 0 Å². The van der Waals surface area contributed by atoms with Gasteiger partial charge in [-0.3, -0.25) is 0 Å². The first kappa shape index (κ1) is 17.9. The zero-order chi connectivity index (χ0) is 19.0. The van der Waals surface area contributed by atoms with Gasteiger partial charge in [-0.05, 0) is 86.4 Å². The summed E-state index contributed by atoms with van der Waals surface area (Å²) in [5, 5.41) is 3.89. The number of piperidine rings is 1. The second kappa shape index (κ2) is 7.27. The van der Waals surface area contributed by atoms with Crippen molar-refractivity contribution in [1.82, 2.24) is 14.9 Å². The lowest BCUT2D eigenvalue weighted by Gasteiger charge is -2.33. The van der Waals surface area contributed by atoms with E-state index >= 15 is 0 Å². The third-order valence-electron chi connectivity index (χ3n) is 5.38. The molecule has 6 heteroatoms. The van der Waals surface area contributed by atoms with Crippen LogP contribution in [-0.2, 0) is 0 Å². The van der Waals surface area contributed by atoms with Crippen LogP contribution in [0.4, 0.5) is 10.1 Å². The number of aromatic nitrogens is 2. The average Bonchev–Trinajstić information content (AvgIpc) is 3.07. The lowest BCUT2D eigenvalue weighted by molar-refractivity contribution is 0.311. The highest BCUT2D eigenvalue weighted by atomic mass is 32.1. The SMILES string of the molecule is Cc1cc2nc(C3CCN(C(=S)Nc4ccc(F)cc4)CC3)[nH]c2cc1C. The number of rotatable bonds is 2. The van der Waals surface area contributed by atoms with Crippen LogP contribution in [0.15, 0.2) is 36.4 Å². The average molecular weight is 383 g/mol. The normalized spacial score (nSPS) is 15.3. The summed E-state index contributed by atoms with van der Waals surface area (Å²) in [7, 11) is 0. The van der Waals surface area contributed by atoms with Gasteiger partial charge in [0, 0.05) is 24.7 Å². The standard InChI is InChI=1S/C21H23FN4S/c1-13-11-18-19(12-14(13)2)25-20(24-18)15-7-9-26(10-8-15)21(27)23-17-5-3-16(22)4-6-17/h3-6,11-12,15H,7-10H2,1-2H3,(H,23,27)(H,24,25). The van der Waals surface area contributed by atoms with E-state index in [1.807, 2.05) is 0 Å². The summed E-state index contributed by atoms with van der Waals surface area (Å²) < 4.78 is 13.0. The van der Waals surface area contributed by atoms with Gasteiger partial charge in [-0.25, -0.2) is 9.37 Å². The molecule has 1 aliphatic rings. The van der Waals surface area contributed by atoms with E-state index < -0.39 is 0 Å². The van der Waals surface area contributed by atoms with Crippen molar-refractivity contribution in [3.8, 4) is 0 Å². The summed E-state index contributed by atoms with van der Waals surface area (Å²) in [6.45, 7) is 6.01. The molecular formula is C21H23FN4S. The zero-order valence-electron chi connectivity index (χ0n) is 15.6. The number of nitrogens with zero attached hydrogens (tertiary/aromatic N) is 2. The van der Waals surface area contributed by atoms with Crippen LogP contribution in [0, 0.1) is 19.7 Å². The molecule has 3 aromatic rings. The molecule has 1 saturated heterocycles. The number of benzene rings is 2. The van der Waals surface area contributed by atoms with E-state index in [9.17, 15) is 4.39 Å². The van der Waals surface area contributed by atoms with E-state index in [0.717, 1.165) is 48.5 Å². The number of anilines is 1. The second-order valence-electron chi connectivity index (χ2n) is 7.27. The molecule has 4 nitrogen and oxygen atoms in total. The van der Waals surface area contributed by atoms with Gasteiger partial charge in [-0.15, -0.1) is 0 Å². The lowest BCUT2D eigenvalue weighted by Crippen LogP contribution is -2.40. The van der Waals surface area contributed by atoms with Gasteiger partial charge in [0.05, 0.1) is 11.0 Å². The number of nitrogens with one attached hydrogen (secondary N) is 2. The number of hydrogen-bond donors (Lipinski definition) is 2. The summed E-state index contributed by atoms with van der Waals surface area (Å²) in [4.78, 5) is 10.5. The molecule has 27 heavy (non-hydrogen) atoms. The Morgan fingerprint density at radius 1 is 1.15 bits per heavy atom. The van der Waals surface area contributed by atoms with Crippen LogP contribution in [0.5, 0.6) is 0 Å². The topological polar surface area (TPSA) is 44.0 Å². The second-order valence-corrected chi connectivity index (χ2v) is 7.66. The largest absolute Gasteiger partial charge is 0.349 e. The smallest absolute Gasteiger partial charge is 0.173 e. The third kappa shape index (κ3) is 3.81. The number of halogens is 1. The first-order chi connectivity index (χ1) is 13.0. The van der Waals surface area contributed by atoms with Crippen molar-refractivity contribution in [3.63, 3.8) is 0 Å². The Morgan fingerprint density at radius 3 is 2.52 bits per heavy atom. The number of fused-ring (bicyclic) bond motifs is 1. The first-order valence-electron chi connectivity index (χ1n) is 9.28. The van der Waals surface area contributed by atoms with Gasteiger partial charge in [0.25, 0.3) is 0 Å². The van der Waals surface area contributed by atoms with Crippen molar-refractivity contribution in [2.24, 2.45) is 0 Å². The Morgan fingerprint density at radius 2 is 1.81 bits per heavy atom. The van der Waals surface area contributed by atoms with Crippen LogP contribution in [-0.4, -0.2) is 33.1 Å². The lowest BCUT2D eigenvalue weighted by atomic mass is 9.96. The van der Waals surface area contributed by atoms with Gasteiger partial charge in [0.15, 0.2) is 5.11 Å². The summed E-state index contributed by atoms with van der Waals surface area (Å²) >= 11 is 5.52. The van der Waals surface area contributed by atoms with Gasteiger partial charge in [0.2, 0.25) is 0 Å². The van der Waals surface area contributed by atoms with E-state index in [2.05, 4.69) is 41.2 Å². The fourth-order valence-corrected chi connectivity index (χ4v) is 3.87. The fourth-order valence-electron chi connectivity index (χ4n) is 3.57.